The summed E-state index contributed by atoms with van der Waals surface area (Å²) in [6.07, 6.45) is 11.9. The van der Waals surface area contributed by atoms with Gasteiger partial charge in [-0.25, -0.2) is 9.97 Å². The average molecular weight is 321 g/mol. The number of carbonyl (C=O) groups excluding carboxylic acids is 1. The van der Waals surface area contributed by atoms with Gasteiger partial charge in [-0.3, -0.25) is 9.78 Å². The number of amides is 1. The Balaban J connectivity index is 1.78. The molecule has 6 nitrogen and oxygen atoms in total. The standard InChI is InChI=1S/C18H19N5O/c24-18-15-14(8-10-20-18)17(21-13-6-2-1-3-7-13)23-16(22-15)12-5-4-9-19-11-12/h2,4-6,9,11,13H,1,3,7-8,10H2,(H,20,24)(H,21,22,23). The lowest BCUT2D eigenvalue weighted by Crippen LogP contribution is -2.34. The average Bonchev–Trinajstić information content (AvgIpc) is 2.64. The first-order valence-corrected chi connectivity index (χ1v) is 8.34. The van der Waals surface area contributed by atoms with E-state index in [-0.39, 0.29) is 11.9 Å². The molecule has 1 amide bonds. The van der Waals surface area contributed by atoms with Gasteiger partial charge in [0.25, 0.3) is 5.91 Å². The minimum Gasteiger partial charge on any atom is -0.364 e. The fourth-order valence-electron chi connectivity index (χ4n) is 3.15. The fraction of sp³-hybridized carbons (Fsp3) is 0.333. The normalized spacial score (nSPS) is 19.5. The molecule has 1 aliphatic heterocycles. The molecule has 0 aromatic carbocycles. The van der Waals surface area contributed by atoms with Gasteiger partial charge in [-0.05, 0) is 37.8 Å². The van der Waals surface area contributed by atoms with Gasteiger partial charge in [0.2, 0.25) is 0 Å². The van der Waals surface area contributed by atoms with Crippen molar-refractivity contribution in [3.63, 3.8) is 0 Å². The van der Waals surface area contributed by atoms with E-state index >= 15 is 0 Å². The van der Waals surface area contributed by atoms with Crippen LogP contribution >= 0.6 is 0 Å². The van der Waals surface area contributed by atoms with Crippen molar-refractivity contribution in [1.29, 1.82) is 0 Å². The molecule has 122 valence electrons. The zero-order valence-corrected chi connectivity index (χ0v) is 13.3. The number of rotatable bonds is 3. The Morgan fingerprint density at radius 1 is 1.29 bits per heavy atom. The third-order valence-corrected chi connectivity index (χ3v) is 4.38. The summed E-state index contributed by atoms with van der Waals surface area (Å²) in [6.45, 7) is 0.622. The predicted octanol–water partition coefficient (Wildman–Crippen LogP) is 2.35. The van der Waals surface area contributed by atoms with E-state index in [4.69, 9.17) is 4.98 Å². The van der Waals surface area contributed by atoms with Crippen LogP contribution in [-0.4, -0.2) is 33.4 Å². The smallest absolute Gasteiger partial charge is 0.270 e. The summed E-state index contributed by atoms with van der Waals surface area (Å²) in [5, 5.41) is 6.36. The van der Waals surface area contributed by atoms with Crippen molar-refractivity contribution in [2.75, 3.05) is 11.9 Å². The van der Waals surface area contributed by atoms with E-state index in [0.29, 0.717) is 18.1 Å². The van der Waals surface area contributed by atoms with Gasteiger partial charge in [-0.15, -0.1) is 0 Å². The summed E-state index contributed by atoms with van der Waals surface area (Å²) in [6, 6.07) is 4.00. The van der Waals surface area contributed by atoms with Gasteiger partial charge in [0.05, 0.1) is 0 Å². The quantitative estimate of drug-likeness (QED) is 0.848. The zero-order chi connectivity index (χ0) is 16.4. The Morgan fingerprint density at radius 2 is 2.25 bits per heavy atom. The molecule has 2 aromatic heterocycles. The lowest BCUT2D eigenvalue weighted by Gasteiger charge is -2.24. The molecule has 2 N–H and O–H groups in total. The van der Waals surface area contributed by atoms with Crippen LogP contribution in [0.15, 0.2) is 36.7 Å². The molecule has 0 saturated carbocycles. The molecule has 24 heavy (non-hydrogen) atoms. The van der Waals surface area contributed by atoms with E-state index in [9.17, 15) is 4.79 Å². The molecule has 1 aliphatic carbocycles. The number of pyridine rings is 1. The van der Waals surface area contributed by atoms with E-state index in [2.05, 4.69) is 32.8 Å². The number of nitrogens with zero attached hydrogens (tertiary/aromatic N) is 3. The molecule has 6 heteroatoms. The van der Waals surface area contributed by atoms with Gasteiger partial charge >= 0.3 is 0 Å². The Morgan fingerprint density at radius 3 is 3.04 bits per heavy atom. The van der Waals surface area contributed by atoms with E-state index in [1.807, 2.05) is 12.1 Å². The number of allylic oxidation sites excluding steroid dienone is 1. The number of hydrogen-bond acceptors (Lipinski definition) is 5. The lowest BCUT2D eigenvalue weighted by molar-refractivity contribution is 0.0940. The topological polar surface area (TPSA) is 79.8 Å². The highest BCUT2D eigenvalue weighted by molar-refractivity contribution is 5.96. The molecular formula is C18H19N5O. The van der Waals surface area contributed by atoms with Crippen molar-refractivity contribution in [2.24, 2.45) is 0 Å². The molecule has 1 atom stereocenters. The van der Waals surface area contributed by atoms with E-state index < -0.39 is 0 Å². The van der Waals surface area contributed by atoms with E-state index in [1.54, 1.807) is 12.4 Å². The van der Waals surface area contributed by atoms with E-state index in [1.165, 1.54) is 0 Å². The maximum atomic E-state index is 12.3. The molecule has 3 heterocycles. The number of nitrogens with one attached hydrogen (secondary N) is 2. The van der Waals surface area contributed by atoms with Gasteiger partial charge in [0.1, 0.15) is 11.5 Å². The van der Waals surface area contributed by atoms with Crippen molar-refractivity contribution in [3.05, 3.63) is 47.9 Å². The first-order valence-electron chi connectivity index (χ1n) is 8.34. The minimum absolute atomic E-state index is 0.133. The Kier molecular flexibility index (Phi) is 3.94. The monoisotopic (exact) mass is 321 g/mol. The van der Waals surface area contributed by atoms with Crippen LogP contribution in [-0.2, 0) is 6.42 Å². The summed E-state index contributed by atoms with van der Waals surface area (Å²) in [5.74, 6) is 1.16. The summed E-state index contributed by atoms with van der Waals surface area (Å²) in [7, 11) is 0. The molecule has 0 saturated heterocycles. The van der Waals surface area contributed by atoms with Crippen LogP contribution in [0.5, 0.6) is 0 Å². The highest BCUT2D eigenvalue weighted by Gasteiger charge is 2.25. The van der Waals surface area contributed by atoms with Crippen LogP contribution in [0.25, 0.3) is 11.4 Å². The second-order valence-electron chi connectivity index (χ2n) is 6.08. The van der Waals surface area contributed by atoms with Crippen LogP contribution in [0, 0.1) is 0 Å². The molecule has 0 radical (unpaired) electrons. The SMILES string of the molecule is O=C1NCCc2c(NC3C=CCCC3)nc(-c3cccnc3)nc21. The summed E-state index contributed by atoms with van der Waals surface area (Å²) in [5.41, 5.74) is 2.18. The number of aromatic nitrogens is 3. The van der Waals surface area contributed by atoms with Crippen molar-refractivity contribution < 1.29 is 4.79 Å². The van der Waals surface area contributed by atoms with Crippen molar-refractivity contribution in [1.82, 2.24) is 20.3 Å². The highest BCUT2D eigenvalue weighted by atomic mass is 16.1. The third-order valence-electron chi connectivity index (χ3n) is 4.38. The predicted molar refractivity (Wildman–Crippen MR) is 91.7 cm³/mol. The summed E-state index contributed by atoms with van der Waals surface area (Å²) < 4.78 is 0. The van der Waals surface area contributed by atoms with Crippen molar-refractivity contribution in [2.45, 2.75) is 31.7 Å². The largest absolute Gasteiger partial charge is 0.364 e. The summed E-state index contributed by atoms with van der Waals surface area (Å²) in [4.78, 5) is 25.6. The molecule has 0 spiro atoms. The molecule has 4 rings (SSSR count). The number of anilines is 1. The second-order valence-corrected chi connectivity index (χ2v) is 6.08. The van der Waals surface area contributed by atoms with Crippen LogP contribution in [0.4, 0.5) is 5.82 Å². The highest BCUT2D eigenvalue weighted by Crippen LogP contribution is 2.26. The van der Waals surface area contributed by atoms with Crippen LogP contribution < -0.4 is 10.6 Å². The number of fused-ring (bicyclic) bond motifs is 1. The first-order chi connectivity index (χ1) is 11.8. The third kappa shape index (κ3) is 2.87. The van der Waals surface area contributed by atoms with Gasteiger partial charge in [-0.2, -0.15) is 0 Å². The van der Waals surface area contributed by atoms with Gasteiger partial charge < -0.3 is 10.6 Å². The fourth-order valence-corrected chi connectivity index (χ4v) is 3.15. The number of carbonyl (C=O) groups is 1. The van der Waals surface area contributed by atoms with Crippen LogP contribution in [0.1, 0.15) is 35.3 Å². The lowest BCUT2D eigenvalue weighted by atomic mass is 10.0. The number of hydrogen-bond donors (Lipinski definition) is 2. The molecule has 2 aliphatic rings. The Bertz CT molecular complexity index is 787. The second kappa shape index (κ2) is 6.39. The molecule has 0 fully saturated rings. The minimum atomic E-state index is -0.133. The Labute approximate surface area is 140 Å². The maximum Gasteiger partial charge on any atom is 0.270 e. The molecular weight excluding hydrogens is 302 g/mol. The van der Waals surface area contributed by atoms with Crippen LogP contribution in [0.2, 0.25) is 0 Å². The van der Waals surface area contributed by atoms with Gasteiger partial charge in [0, 0.05) is 36.1 Å². The molecule has 2 aromatic rings. The first kappa shape index (κ1) is 14.8. The summed E-state index contributed by atoms with van der Waals surface area (Å²) >= 11 is 0. The molecule has 1 unspecified atom stereocenters. The van der Waals surface area contributed by atoms with Gasteiger partial charge in [-0.1, -0.05) is 12.2 Å². The zero-order valence-electron chi connectivity index (χ0n) is 13.3. The van der Waals surface area contributed by atoms with Crippen molar-refractivity contribution >= 4 is 11.7 Å². The van der Waals surface area contributed by atoms with E-state index in [0.717, 1.165) is 42.6 Å². The van der Waals surface area contributed by atoms with Gasteiger partial charge in [0.15, 0.2) is 5.82 Å². The Hall–Kier alpha value is -2.76. The van der Waals surface area contributed by atoms with Crippen molar-refractivity contribution in [3.8, 4) is 11.4 Å². The molecule has 0 bridgehead atoms. The van der Waals surface area contributed by atoms with Crippen LogP contribution in [0.3, 0.4) is 0 Å². The maximum absolute atomic E-state index is 12.3.